The number of aldehydes is 1. The molecule has 0 spiro atoms. The Balaban J connectivity index is 1.56. The Labute approximate surface area is 189 Å². The van der Waals surface area contributed by atoms with Crippen LogP contribution in [-0.4, -0.2) is 61.5 Å². The molecule has 3 aromatic heterocycles. The van der Waals surface area contributed by atoms with Crippen LogP contribution in [0.2, 0.25) is 0 Å². The Kier molecular flexibility index (Phi) is 6.45. The fraction of sp³-hybridized carbons (Fsp3) is 0.273. The number of likely N-dealkylation sites (tertiary alicyclic amines) is 1. The van der Waals surface area contributed by atoms with Crippen molar-refractivity contribution in [3.63, 3.8) is 0 Å². The summed E-state index contributed by atoms with van der Waals surface area (Å²) >= 11 is 0. The minimum absolute atomic E-state index is 0.173. The molecule has 168 valence electrons. The normalized spacial score (nSPS) is 15.5. The summed E-state index contributed by atoms with van der Waals surface area (Å²) in [6.45, 7) is 1.62. The van der Waals surface area contributed by atoms with Gasteiger partial charge < -0.3 is 25.2 Å². The standard InChI is InChI=1S/C22H22N8O3/c23-7-17-9-26-21(11-24-17)28-20-6-18(19(10-27-20)29-5-3-16(13-29)14-31)25-8-15-2-1-4-30(12-15)22(32)33/h3,5-6,9-11,13-15H,1-2,4,8,12H2,(H,32,33)(H2,25,26,27,28). The van der Waals surface area contributed by atoms with Crippen LogP contribution in [0.1, 0.15) is 28.9 Å². The van der Waals surface area contributed by atoms with Gasteiger partial charge in [-0.2, -0.15) is 5.26 Å². The number of rotatable bonds is 7. The second kappa shape index (κ2) is 9.78. The summed E-state index contributed by atoms with van der Waals surface area (Å²) in [6.07, 6.45) is 9.61. The number of amides is 1. The number of hydrogen-bond acceptors (Lipinski definition) is 8. The summed E-state index contributed by atoms with van der Waals surface area (Å²) in [5.74, 6) is 1.12. The third kappa shape index (κ3) is 5.24. The molecule has 3 N–H and O–H groups in total. The van der Waals surface area contributed by atoms with Crippen molar-refractivity contribution >= 4 is 29.7 Å². The molecule has 0 saturated carbocycles. The Morgan fingerprint density at radius 1 is 1.27 bits per heavy atom. The van der Waals surface area contributed by atoms with Crippen LogP contribution in [0.15, 0.2) is 43.1 Å². The molecule has 1 atom stereocenters. The number of carbonyl (C=O) groups excluding carboxylic acids is 1. The van der Waals surface area contributed by atoms with Gasteiger partial charge in [-0.05, 0) is 24.8 Å². The van der Waals surface area contributed by atoms with Gasteiger partial charge in [0.15, 0.2) is 12.0 Å². The van der Waals surface area contributed by atoms with Crippen molar-refractivity contribution in [1.82, 2.24) is 24.4 Å². The molecule has 3 aromatic rings. The van der Waals surface area contributed by atoms with Gasteiger partial charge in [-0.1, -0.05) is 0 Å². The second-order valence-electron chi connectivity index (χ2n) is 7.70. The number of nitriles is 1. The molecule has 1 aliphatic rings. The van der Waals surface area contributed by atoms with Crippen LogP contribution in [0.3, 0.4) is 0 Å². The number of hydrogen-bond donors (Lipinski definition) is 3. The Morgan fingerprint density at radius 2 is 2.12 bits per heavy atom. The molecule has 11 nitrogen and oxygen atoms in total. The highest BCUT2D eigenvalue weighted by Gasteiger charge is 2.23. The predicted molar refractivity (Wildman–Crippen MR) is 120 cm³/mol. The highest BCUT2D eigenvalue weighted by Crippen LogP contribution is 2.26. The average Bonchev–Trinajstić information content (AvgIpc) is 3.32. The van der Waals surface area contributed by atoms with Crippen molar-refractivity contribution in [3.8, 4) is 11.8 Å². The van der Waals surface area contributed by atoms with Crippen molar-refractivity contribution in [2.45, 2.75) is 12.8 Å². The van der Waals surface area contributed by atoms with Crippen molar-refractivity contribution in [2.24, 2.45) is 5.92 Å². The van der Waals surface area contributed by atoms with E-state index in [1.165, 1.54) is 17.3 Å². The van der Waals surface area contributed by atoms with Gasteiger partial charge in [0.25, 0.3) is 0 Å². The van der Waals surface area contributed by atoms with Gasteiger partial charge >= 0.3 is 6.09 Å². The molecule has 1 saturated heterocycles. The molecule has 0 radical (unpaired) electrons. The number of aromatic nitrogens is 4. The molecule has 1 amide bonds. The molecule has 0 aromatic carbocycles. The summed E-state index contributed by atoms with van der Waals surface area (Å²) < 4.78 is 1.80. The van der Waals surface area contributed by atoms with Crippen molar-refractivity contribution in [3.05, 3.63) is 54.4 Å². The Hall–Kier alpha value is -4.46. The summed E-state index contributed by atoms with van der Waals surface area (Å²) in [5, 5.41) is 24.7. The minimum atomic E-state index is -0.895. The lowest BCUT2D eigenvalue weighted by Gasteiger charge is -2.31. The maximum Gasteiger partial charge on any atom is 0.407 e. The topological polar surface area (TPSA) is 149 Å². The zero-order chi connectivity index (χ0) is 23.2. The van der Waals surface area contributed by atoms with E-state index >= 15 is 0 Å². The number of nitrogens with zero attached hydrogens (tertiary/aromatic N) is 6. The molecule has 11 heteroatoms. The van der Waals surface area contributed by atoms with Crippen LogP contribution in [0.4, 0.5) is 22.1 Å². The van der Waals surface area contributed by atoms with Crippen LogP contribution in [0, 0.1) is 17.2 Å². The van der Waals surface area contributed by atoms with Gasteiger partial charge in [-0.25, -0.2) is 19.7 Å². The Bertz CT molecular complexity index is 1190. The molecule has 4 heterocycles. The number of anilines is 3. The number of carbonyl (C=O) groups is 2. The van der Waals surface area contributed by atoms with Gasteiger partial charge in [-0.15, -0.1) is 0 Å². The highest BCUT2D eigenvalue weighted by atomic mass is 16.4. The third-order valence-electron chi connectivity index (χ3n) is 5.41. The smallest absolute Gasteiger partial charge is 0.407 e. The molecule has 0 bridgehead atoms. The number of piperidine rings is 1. The van der Waals surface area contributed by atoms with E-state index < -0.39 is 6.09 Å². The second-order valence-corrected chi connectivity index (χ2v) is 7.70. The first-order valence-electron chi connectivity index (χ1n) is 10.4. The lowest BCUT2D eigenvalue weighted by Crippen LogP contribution is -2.41. The van der Waals surface area contributed by atoms with Gasteiger partial charge in [0.2, 0.25) is 0 Å². The van der Waals surface area contributed by atoms with Gasteiger partial charge in [-0.3, -0.25) is 4.79 Å². The van der Waals surface area contributed by atoms with Crippen molar-refractivity contribution < 1.29 is 14.7 Å². The first-order valence-corrected chi connectivity index (χ1v) is 10.4. The van der Waals surface area contributed by atoms with Crippen molar-refractivity contribution in [2.75, 3.05) is 30.3 Å². The van der Waals surface area contributed by atoms with E-state index in [4.69, 9.17) is 5.26 Å². The maximum atomic E-state index is 11.3. The van der Waals surface area contributed by atoms with E-state index in [1.54, 1.807) is 29.2 Å². The highest BCUT2D eigenvalue weighted by molar-refractivity contribution is 5.75. The largest absolute Gasteiger partial charge is 0.465 e. The molecule has 4 rings (SSSR count). The van der Waals surface area contributed by atoms with Gasteiger partial charge in [0.1, 0.15) is 17.7 Å². The number of pyridine rings is 1. The summed E-state index contributed by atoms with van der Waals surface area (Å²) in [5.41, 5.74) is 2.26. The fourth-order valence-electron chi connectivity index (χ4n) is 3.74. The summed E-state index contributed by atoms with van der Waals surface area (Å²) in [6, 6.07) is 5.45. The average molecular weight is 446 g/mol. The SMILES string of the molecule is N#Cc1cnc(Nc2cc(NCC3CCCN(C(=O)O)C3)c(-n3ccc(C=O)c3)cn2)cn1. The van der Waals surface area contributed by atoms with E-state index in [0.717, 1.165) is 30.5 Å². The van der Waals surface area contributed by atoms with Gasteiger partial charge in [0.05, 0.1) is 30.0 Å². The van der Waals surface area contributed by atoms with E-state index in [9.17, 15) is 14.7 Å². The lowest BCUT2D eigenvalue weighted by molar-refractivity contribution is 0.112. The van der Waals surface area contributed by atoms with E-state index in [0.29, 0.717) is 36.8 Å². The van der Waals surface area contributed by atoms with E-state index in [2.05, 4.69) is 25.6 Å². The minimum Gasteiger partial charge on any atom is -0.465 e. The Morgan fingerprint density at radius 3 is 2.82 bits per heavy atom. The van der Waals surface area contributed by atoms with Crippen LogP contribution < -0.4 is 10.6 Å². The van der Waals surface area contributed by atoms with Crippen LogP contribution >= 0.6 is 0 Å². The van der Waals surface area contributed by atoms with E-state index in [1.807, 2.05) is 12.1 Å². The number of nitrogens with one attached hydrogen (secondary N) is 2. The molecular weight excluding hydrogens is 424 g/mol. The molecule has 33 heavy (non-hydrogen) atoms. The number of carboxylic acid groups (broad SMARTS) is 1. The summed E-state index contributed by atoms with van der Waals surface area (Å²) in [7, 11) is 0. The van der Waals surface area contributed by atoms with E-state index in [-0.39, 0.29) is 11.6 Å². The zero-order valence-electron chi connectivity index (χ0n) is 17.7. The third-order valence-corrected chi connectivity index (χ3v) is 5.41. The van der Waals surface area contributed by atoms with Crippen LogP contribution in [0.25, 0.3) is 5.69 Å². The quantitative estimate of drug-likeness (QED) is 0.466. The van der Waals surface area contributed by atoms with Crippen LogP contribution in [0.5, 0.6) is 0 Å². The monoisotopic (exact) mass is 446 g/mol. The molecular formula is C22H22N8O3. The molecule has 1 fully saturated rings. The van der Waals surface area contributed by atoms with Crippen LogP contribution in [-0.2, 0) is 0 Å². The maximum absolute atomic E-state index is 11.3. The molecule has 1 aliphatic heterocycles. The van der Waals surface area contributed by atoms with Gasteiger partial charge in [0, 0.05) is 43.7 Å². The zero-order valence-corrected chi connectivity index (χ0v) is 17.7. The summed E-state index contributed by atoms with van der Waals surface area (Å²) in [4.78, 5) is 36.5. The first-order chi connectivity index (χ1) is 16.1. The molecule has 1 unspecified atom stereocenters. The van der Waals surface area contributed by atoms with Crippen molar-refractivity contribution in [1.29, 1.82) is 5.26 Å². The predicted octanol–water partition coefficient (Wildman–Crippen LogP) is 2.89. The first kappa shape index (κ1) is 21.8. The molecule has 0 aliphatic carbocycles. The lowest BCUT2D eigenvalue weighted by atomic mass is 9.98. The fourth-order valence-corrected chi connectivity index (χ4v) is 3.74.